The Balaban J connectivity index is 2.45. The molecule has 0 heterocycles. The molecular formula is C10H14BrNO2. The Hall–Kier alpha value is -0.740. The largest absolute Gasteiger partial charge is 0.492 e. The van der Waals surface area contributed by atoms with Gasteiger partial charge < -0.3 is 15.2 Å². The molecule has 0 fully saturated rings. The first-order valence-corrected chi connectivity index (χ1v) is 5.20. The summed E-state index contributed by atoms with van der Waals surface area (Å²) in [5.41, 5.74) is 6.34. The van der Waals surface area contributed by atoms with Crippen LogP contribution in [0.1, 0.15) is 6.42 Å². The van der Waals surface area contributed by atoms with Crippen LogP contribution in [0.4, 0.5) is 5.69 Å². The second-order valence-electron chi connectivity index (χ2n) is 2.88. The molecule has 1 aromatic rings. The van der Waals surface area contributed by atoms with E-state index in [1.54, 1.807) is 13.2 Å². The van der Waals surface area contributed by atoms with E-state index >= 15 is 0 Å². The molecule has 0 aliphatic carbocycles. The van der Waals surface area contributed by atoms with E-state index in [4.69, 9.17) is 15.2 Å². The number of hydrogen-bond acceptors (Lipinski definition) is 3. The van der Waals surface area contributed by atoms with Gasteiger partial charge in [-0.2, -0.15) is 0 Å². The lowest BCUT2D eigenvalue weighted by Crippen LogP contribution is -2.02. The van der Waals surface area contributed by atoms with E-state index in [9.17, 15) is 0 Å². The molecule has 1 rings (SSSR count). The molecule has 0 aliphatic rings. The summed E-state index contributed by atoms with van der Waals surface area (Å²) in [5, 5.41) is 0. The molecule has 1 aromatic carbocycles. The summed E-state index contributed by atoms with van der Waals surface area (Å²) in [6.45, 7) is 1.34. The van der Waals surface area contributed by atoms with E-state index in [1.807, 2.05) is 12.1 Å². The highest BCUT2D eigenvalue weighted by molar-refractivity contribution is 9.10. The van der Waals surface area contributed by atoms with E-state index in [1.165, 1.54) is 0 Å². The van der Waals surface area contributed by atoms with Crippen molar-refractivity contribution < 1.29 is 9.47 Å². The molecule has 0 radical (unpaired) electrons. The third-order valence-corrected chi connectivity index (χ3v) is 2.36. The highest BCUT2D eigenvalue weighted by Gasteiger charge is 2.00. The van der Waals surface area contributed by atoms with Crippen molar-refractivity contribution in [3.63, 3.8) is 0 Å². The molecule has 4 heteroatoms. The molecule has 0 aliphatic heterocycles. The minimum absolute atomic E-state index is 0.635. The number of benzene rings is 1. The maximum absolute atomic E-state index is 5.63. The summed E-state index contributed by atoms with van der Waals surface area (Å²) >= 11 is 3.39. The average Bonchev–Trinajstić information content (AvgIpc) is 2.18. The first-order chi connectivity index (χ1) is 6.74. The van der Waals surface area contributed by atoms with Gasteiger partial charge in [0, 0.05) is 31.9 Å². The van der Waals surface area contributed by atoms with Gasteiger partial charge >= 0.3 is 0 Å². The Morgan fingerprint density at radius 1 is 1.36 bits per heavy atom. The molecule has 2 N–H and O–H groups in total. The van der Waals surface area contributed by atoms with Crippen molar-refractivity contribution in [2.24, 2.45) is 0 Å². The fraction of sp³-hybridized carbons (Fsp3) is 0.400. The number of nitrogen functional groups attached to an aromatic ring is 1. The normalized spacial score (nSPS) is 10.1. The van der Waals surface area contributed by atoms with Gasteiger partial charge in [-0.05, 0) is 28.1 Å². The number of ether oxygens (including phenoxy) is 2. The maximum Gasteiger partial charge on any atom is 0.135 e. The molecule has 14 heavy (non-hydrogen) atoms. The fourth-order valence-electron chi connectivity index (χ4n) is 1.02. The lowest BCUT2D eigenvalue weighted by atomic mass is 10.3. The van der Waals surface area contributed by atoms with E-state index in [-0.39, 0.29) is 0 Å². The standard InChI is InChI=1S/C10H14BrNO2/c1-13-5-2-6-14-10-7-8(12)3-4-9(10)11/h3-4,7H,2,5-6,12H2,1H3. The van der Waals surface area contributed by atoms with E-state index in [2.05, 4.69) is 15.9 Å². The van der Waals surface area contributed by atoms with Gasteiger partial charge in [-0.25, -0.2) is 0 Å². The summed E-state index contributed by atoms with van der Waals surface area (Å²) in [5.74, 6) is 0.779. The van der Waals surface area contributed by atoms with Crippen LogP contribution in [0, 0.1) is 0 Å². The summed E-state index contributed by atoms with van der Waals surface area (Å²) in [6.07, 6.45) is 0.873. The molecule has 0 bridgehead atoms. The fourth-order valence-corrected chi connectivity index (χ4v) is 1.38. The first kappa shape index (κ1) is 11.3. The van der Waals surface area contributed by atoms with Gasteiger partial charge in [0.15, 0.2) is 0 Å². The average molecular weight is 260 g/mol. The van der Waals surface area contributed by atoms with Crippen LogP contribution in [0.25, 0.3) is 0 Å². The van der Waals surface area contributed by atoms with Gasteiger partial charge in [0.1, 0.15) is 5.75 Å². The zero-order chi connectivity index (χ0) is 10.4. The summed E-state index contributed by atoms with van der Waals surface area (Å²) in [6, 6.07) is 5.50. The summed E-state index contributed by atoms with van der Waals surface area (Å²) in [4.78, 5) is 0. The van der Waals surface area contributed by atoms with Crippen molar-refractivity contribution >= 4 is 21.6 Å². The quantitative estimate of drug-likeness (QED) is 0.653. The number of methoxy groups -OCH3 is 1. The second-order valence-corrected chi connectivity index (χ2v) is 3.74. The predicted molar refractivity (Wildman–Crippen MR) is 60.5 cm³/mol. The molecule has 0 aromatic heterocycles. The number of rotatable bonds is 5. The van der Waals surface area contributed by atoms with Gasteiger partial charge in [-0.1, -0.05) is 0 Å². The molecular weight excluding hydrogens is 246 g/mol. The van der Waals surface area contributed by atoms with Gasteiger partial charge in [-0.15, -0.1) is 0 Å². The van der Waals surface area contributed by atoms with Gasteiger partial charge in [0.25, 0.3) is 0 Å². The number of hydrogen-bond donors (Lipinski definition) is 1. The molecule has 0 atom stereocenters. The van der Waals surface area contributed by atoms with E-state index in [0.29, 0.717) is 18.9 Å². The van der Waals surface area contributed by atoms with Gasteiger partial charge in [-0.3, -0.25) is 0 Å². The Labute approximate surface area is 92.3 Å². The smallest absolute Gasteiger partial charge is 0.135 e. The van der Waals surface area contributed by atoms with Gasteiger partial charge in [0.2, 0.25) is 0 Å². The molecule has 0 amide bonds. The third-order valence-electron chi connectivity index (χ3n) is 1.71. The zero-order valence-electron chi connectivity index (χ0n) is 8.13. The monoisotopic (exact) mass is 259 g/mol. The Kier molecular flexibility index (Phi) is 4.76. The van der Waals surface area contributed by atoms with Crippen LogP contribution in [0.3, 0.4) is 0 Å². The van der Waals surface area contributed by atoms with Crippen LogP contribution < -0.4 is 10.5 Å². The van der Waals surface area contributed by atoms with Crippen molar-refractivity contribution in [1.29, 1.82) is 0 Å². The third kappa shape index (κ3) is 3.55. The highest BCUT2D eigenvalue weighted by atomic mass is 79.9. The van der Waals surface area contributed by atoms with Crippen molar-refractivity contribution in [2.45, 2.75) is 6.42 Å². The van der Waals surface area contributed by atoms with Crippen molar-refractivity contribution in [3.05, 3.63) is 22.7 Å². The maximum atomic E-state index is 5.63. The molecule has 3 nitrogen and oxygen atoms in total. The SMILES string of the molecule is COCCCOc1cc(N)ccc1Br. The van der Waals surface area contributed by atoms with Crippen LogP contribution in [0.2, 0.25) is 0 Å². The minimum Gasteiger partial charge on any atom is -0.492 e. The molecule has 0 spiro atoms. The second kappa shape index (κ2) is 5.88. The topological polar surface area (TPSA) is 44.5 Å². The highest BCUT2D eigenvalue weighted by Crippen LogP contribution is 2.26. The molecule has 0 unspecified atom stereocenters. The van der Waals surface area contributed by atoms with Crippen LogP contribution in [0.5, 0.6) is 5.75 Å². The Morgan fingerprint density at radius 3 is 2.86 bits per heavy atom. The Morgan fingerprint density at radius 2 is 2.14 bits per heavy atom. The van der Waals surface area contributed by atoms with E-state index < -0.39 is 0 Å². The number of anilines is 1. The van der Waals surface area contributed by atoms with Crippen LogP contribution in [0.15, 0.2) is 22.7 Å². The molecule has 0 saturated heterocycles. The van der Waals surface area contributed by atoms with Crippen molar-refractivity contribution in [1.82, 2.24) is 0 Å². The number of halogens is 1. The lowest BCUT2D eigenvalue weighted by Gasteiger charge is -2.08. The Bertz CT molecular complexity index is 291. The first-order valence-electron chi connectivity index (χ1n) is 4.41. The summed E-state index contributed by atoms with van der Waals surface area (Å²) in [7, 11) is 1.68. The van der Waals surface area contributed by atoms with Gasteiger partial charge in [0.05, 0.1) is 11.1 Å². The summed E-state index contributed by atoms with van der Waals surface area (Å²) < 4.78 is 11.4. The van der Waals surface area contributed by atoms with Crippen LogP contribution >= 0.6 is 15.9 Å². The zero-order valence-corrected chi connectivity index (χ0v) is 9.71. The molecule has 0 saturated carbocycles. The van der Waals surface area contributed by atoms with Crippen LogP contribution in [-0.4, -0.2) is 20.3 Å². The van der Waals surface area contributed by atoms with Crippen molar-refractivity contribution in [3.8, 4) is 5.75 Å². The minimum atomic E-state index is 0.635. The molecule has 78 valence electrons. The number of nitrogens with two attached hydrogens (primary N) is 1. The predicted octanol–water partition coefficient (Wildman–Crippen LogP) is 2.45. The van der Waals surface area contributed by atoms with E-state index in [0.717, 1.165) is 16.6 Å². The lowest BCUT2D eigenvalue weighted by molar-refractivity contribution is 0.172. The van der Waals surface area contributed by atoms with Crippen molar-refractivity contribution in [2.75, 3.05) is 26.1 Å². The van der Waals surface area contributed by atoms with Crippen LogP contribution in [-0.2, 0) is 4.74 Å².